The number of furan rings is 1. The molecule has 2 heterocycles. The van der Waals surface area contributed by atoms with Gasteiger partial charge in [0.2, 0.25) is 5.88 Å². The molecule has 0 fully saturated rings. The van der Waals surface area contributed by atoms with Crippen LogP contribution < -0.4 is 10.1 Å². The molecule has 0 unspecified atom stereocenters. The lowest BCUT2D eigenvalue weighted by Crippen LogP contribution is -2.28. The third-order valence-corrected chi connectivity index (χ3v) is 3.25. The Bertz CT molecular complexity index is 764. The molecule has 6 heteroatoms. The summed E-state index contributed by atoms with van der Waals surface area (Å²) in [7, 11) is 0. The van der Waals surface area contributed by atoms with E-state index in [2.05, 4.69) is 10.4 Å². The molecular weight excluding hydrogens is 294 g/mol. The molecule has 0 aliphatic carbocycles. The van der Waals surface area contributed by atoms with Crippen LogP contribution in [0.1, 0.15) is 11.3 Å². The van der Waals surface area contributed by atoms with Crippen molar-refractivity contribution >= 4 is 5.91 Å². The molecule has 1 N–H and O–H groups in total. The summed E-state index contributed by atoms with van der Waals surface area (Å²) in [4.78, 5) is 11.8. The van der Waals surface area contributed by atoms with Crippen LogP contribution in [0.15, 0.2) is 59.3 Å². The van der Waals surface area contributed by atoms with Gasteiger partial charge in [-0.15, -0.1) is 5.10 Å². The largest absolute Gasteiger partial charge is 0.467 e. The van der Waals surface area contributed by atoms with E-state index in [1.54, 1.807) is 23.1 Å². The van der Waals surface area contributed by atoms with E-state index >= 15 is 0 Å². The molecule has 1 amide bonds. The van der Waals surface area contributed by atoms with Crippen molar-refractivity contribution in [3.8, 4) is 11.6 Å². The number of amides is 1. The number of carbonyl (C=O) groups is 1. The smallest absolute Gasteiger partial charge is 0.258 e. The van der Waals surface area contributed by atoms with E-state index < -0.39 is 0 Å². The molecule has 2 aromatic heterocycles. The first-order valence-corrected chi connectivity index (χ1v) is 7.26. The Morgan fingerprint density at radius 1 is 1.26 bits per heavy atom. The monoisotopic (exact) mass is 311 g/mol. The van der Waals surface area contributed by atoms with E-state index in [0.29, 0.717) is 18.2 Å². The van der Waals surface area contributed by atoms with Crippen LogP contribution in [-0.4, -0.2) is 22.3 Å². The fourth-order valence-electron chi connectivity index (χ4n) is 2.08. The topological polar surface area (TPSA) is 69.3 Å². The zero-order valence-electron chi connectivity index (χ0n) is 12.7. The number of nitrogens with zero attached hydrogens (tertiary/aromatic N) is 2. The van der Waals surface area contributed by atoms with Gasteiger partial charge in [-0.1, -0.05) is 18.2 Å². The lowest BCUT2D eigenvalue weighted by atomic mass is 10.3. The average Bonchev–Trinajstić information content (AvgIpc) is 3.21. The van der Waals surface area contributed by atoms with E-state index in [4.69, 9.17) is 9.15 Å². The summed E-state index contributed by atoms with van der Waals surface area (Å²) in [5.41, 5.74) is 1.81. The Morgan fingerprint density at radius 3 is 2.83 bits per heavy atom. The molecule has 118 valence electrons. The summed E-state index contributed by atoms with van der Waals surface area (Å²) in [6.07, 6.45) is 3.43. The minimum Gasteiger partial charge on any atom is -0.467 e. The van der Waals surface area contributed by atoms with Gasteiger partial charge in [0.15, 0.2) is 6.61 Å². The fourth-order valence-corrected chi connectivity index (χ4v) is 2.08. The third-order valence-electron chi connectivity index (χ3n) is 3.25. The van der Waals surface area contributed by atoms with Crippen molar-refractivity contribution in [2.45, 2.75) is 13.5 Å². The van der Waals surface area contributed by atoms with Gasteiger partial charge in [0.25, 0.3) is 5.91 Å². The van der Waals surface area contributed by atoms with Crippen LogP contribution in [-0.2, 0) is 11.3 Å². The third kappa shape index (κ3) is 3.79. The summed E-state index contributed by atoms with van der Waals surface area (Å²) in [5, 5.41) is 7.08. The number of benzene rings is 1. The average molecular weight is 311 g/mol. The maximum Gasteiger partial charge on any atom is 0.258 e. The van der Waals surface area contributed by atoms with Crippen molar-refractivity contribution in [3.63, 3.8) is 0 Å². The minimum atomic E-state index is -0.227. The summed E-state index contributed by atoms with van der Waals surface area (Å²) in [6.45, 7) is 2.14. The SMILES string of the molecule is Cc1cn(-c2ccccc2)nc1OCC(=O)NCc1ccco1. The normalized spacial score (nSPS) is 10.5. The number of hydrogen-bond donors (Lipinski definition) is 1. The highest BCUT2D eigenvalue weighted by Gasteiger charge is 2.10. The van der Waals surface area contributed by atoms with E-state index in [0.717, 1.165) is 11.3 Å². The van der Waals surface area contributed by atoms with Gasteiger partial charge in [0.1, 0.15) is 5.76 Å². The fraction of sp³-hybridized carbons (Fsp3) is 0.176. The summed E-state index contributed by atoms with van der Waals surface area (Å²) < 4.78 is 12.4. The number of ether oxygens (including phenoxy) is 1. The highest BCUT2D eigenvalue weighted by Crippen LogP contribution is 2.17. The Hall–Kier alpha value is -3.02. The zero-order valence-corrected chi connectivity index (χ0v) is 12.7. The van der Waals surface area contributed by atoms with Crippen LogP contribution >= 0.6 is 0 Å². The Kier molecular flexibility index (Phi) is 4.42. The molecule has 0 saturated carbocycles. The van der Waals surface area contributed by atoms with Gasteiger partial charge in [-0.05, 0) is 31.2 Å². The lowest BCUT2D eigenvalue weighted by Gasteiger charge is -2.05. The highest BCUT2D eigenvalue weighted by atomic mass is 16.5. The van der Waals surface area contributed by atoms with E-state index in [9.17, 15) is 4.79 Å². The van der Waals surface area contributed by atoms with Gasteiger partial charge in [-0.25, -0.2) is 4.68 Å². The molecule has 0 aliphatic heterocycles. The number of para-hydroxylation sites is 1. The quantitative estimate of drug-likeness (QED) is 0.759. The molecular formula is C17H17N3O3. The molecule has 0 aliphatic rings. The van der Waals surface area contributed by atoms with Crippen molar-refractivity contribution in [1.29, 1.82) is 0 Å². The van der Waals surface area contributed by atoms with Crippen molar-refractivity contribution in [3.05, 3.63) is 66.2 Å². The zero-order chi connectivity index (χ0) is 16.1. The van der Waals surface area contributed by atoms with Crippen LogP contribution in [0, 0.1) is 6.92 Å². The van der Waals surface area contributed by atoms with Gasteiger partial charge in [0, 0.05) is 11.8 Å². The predicted molar refractivity (Wildman–Crippen MR) is 84.4 cm³/mol. The number of aryl methyl sites for hydroxylation is 1. The van der Waals surface area contributed by atoms with E-state index in [1.165, 1.54) is 0 Å². The number of aromatic nitrogens is 2. The van der Waals surface area contributed by atoms with Crippen molar-refractivity contribution in [1.82, 2.24) is 15.1 Å². The second kappa shape index (κ2) is 6.83. The van der Waals surface area contributed by atoms with Gasteiger partial charge in [0.05, 0.1) is 18.5 Å². The first-order chi connectivity index (χ1) is 11.2. The van der Waals surface area contributed by atoms with Crippen LogP contribution in [0.3, 0.4) is 0 Å². The second-order valence-corrected chi connectivity index (χ2v) is 5.04. The maximum atomic E-state index is 11.8. The van der Waals surface area contributed by atoms with Crippen LogP contribution in [0.25, 0.3) is 5.69 Å². The molecule has 3 rings (SSSR count). The number of carbonyl (C=O) groups excluding carboxylic acids is 1. The molecule has 3 aromatic rings. The molecule has 1 aromatic carbocycles. The summed E-state index contributed by atoms with van der Waals surface area (Å²) >= 11 is 0. The van der Waals surface area contributed by atoms with Crippen LogP contribution in [0.4, 0.5) is 0 Å². The second-order valence-electron chi connectivity index (χ2n) is 5.04. The Labute approximate surface area is 133 Å². The van der Waals surface area contributed by atoms with Crippen molar-refractivity contribution in [2.75, 3.05) is 6.61 Å². The molecule has 0 atom stereocenters. The molecule has 23 heavy (non-hydrogen) atoms. The van der Waals surface area contributed by atoms with Gasteiger partial charge < -0.3 is 14.5 Å². The van der Waals surface area contributed by atoms with Gasteiger partial charge in [-0.2, -0.15) is 0 Å². The molecule has 0 saturated heterocycles. The van der Waals surface area contributed by atoms with E-state index in [1.807, 2.05) is 43.5 Å². The highest BCUT2D eigenvalue weighted by molar-refractivity contribution is 5.77. The van der Waals surface area contributed by atoms with Gasteiger partial charge >= 0.3 is 0 Å². The number of rotatable bonds is 6. The first kappa shape index (κ1) is 14.9. The molecule has 0 bridgehead atoms. The molecule has 6 nitrogen and oxygen atoms in total. The van der Waals surface area contributed by atoms with Gasteiger partial charge in [-0.3, -0.25) is 4.79 Å². The minimum absolute atomic E-state index is 0.0899. The van der Waals surface area contributed by atoms with Crippen molar-refractivity contribution in [2.24, 2.45) is 0 Å². The van der Waals surface area contributed by atoms with Crippen molar-refractivity contribution < 1.29 is 13.9 Å². The number of hydrogen-bond acceptors (Lipinski definition) is 4. The Balaban J connectivity index is 1.56. The summed E-state index contributed by atoms with van der Waals surface area (Å²) in [6, 6.07) is 13.3. The summed E-state index contributed by atoms with van der Waals surface area (Å²) in [5.74, 6) is 0.917. The predicted octanol–water partition coefficient (Wildman–Crippen LogP) is 2.47. The van der Waals surface area contributed by atoms with Crippen LogP contribution in [0.2, 0.25) is 0 Å². The van der Waals surface area contributed by atoms with E-state index in [-0.39, 0.29) is 12.5 Å². The lowest BCUT2D eigenvalue weighted by molar-refractivity contribution is -0.123. The Morgan fingerprint density at radius 2 is 2.09 bits per heavy atom. The first-order valence-electron chi connectivity index (χ1n) is 7.26. The van der Waals surface area contributed by atoms with Crippen LogP contribution in [0.5, 0.6) is 5.88 Å². The molecule has 0 spiro atoms. The molecule has 0 radical (unpaired) electrons. The maximum absolute atomic E-state index is 11.8. The standard InChI is InChI=1S/C17H17N3O3/c1-13-11-20(14-6-3-2-4-7-14)19-17(13)23-12-16(21)18-10-15-8-5-9-22-15/h2-9,11H,10,12H2,1H3,(H,18,21). The number of nitrogens with one attached hydrogen (secondary N) is 1.